The van der Waals surface area contributed by atoms with Gasteiger partial charge >= 0.3 is 0 Å². The zero-order valence-corrected chi connectivity index (χ0v) is 9.73. The number of hydrogen-bond donors (Lipinski definition) is 2. The molecule has 3 fully saturated rings. The van der Waals surface area contributed by atoms with E-state index < -0.39 is 0 Å². The van der Waals surface area contributed by atoms with Crippen LogP contribution < -0.4 is 10.6 Å². The van der Waals surface area contributed by atoms with Crippen LogP contribution in [-0.4, -0.2) is 24.2 Å². The molecule has 1 unspecified atom stereocenters. The zero-order valence-electron chi connectivity index (χ0n) is 9.73. The fourth-order valence-electron chi connectivity index (χ4n) is 3.71. The molecular formula is C13H24N2. The van der Waals surface area contributed by atoms with Gasteiger partial charge in [0, 0.05) is 17.6 Å². The summed E-state index contributed by atoms with van der Waals surface area (Å²) in [5.41, 5.74) is 0.564. The molecule has 2 saturated carbocycles. The molecule has 0 amide bonds. The number of hydrogen-bond acceptors (Lipinski definition) is 2. The van der Waals surface area contributed by atoms with E-state index in [0.717, 1.165) is 12.1 Å². The van der Waals surface area contributed by atoms with Crippen molar-refractivity contribution in [3.05, 3.63) is 0 Å². The number of piperidine rings is 1. The van der Waals surface area contributed by atoms with Gasteiger partial charge in [0.15, 0.2) is 0 Å². The summed E-state index contributed by atoms with van der Waals surface area (Å²) < 4.78 is 0. The molecule has 2 nitrogen and oxygen atoms in total. The molecule has 0 aromatic heterocycles. The van der Waals surface area contributed by atoms with E-state index >= 15 is 0 Å². The third-order valence-electron chi connectivity index (χ3n) is 4.77. The van der Waals surface area contributed by atoms with Crippen molar-refractivity contribution in [2.24, 2.45) is 0 Å². The monoisotopic (exact) mass is 208 g/mol. The van der Waals surface area contributed by atoms with Gasteiger partial charge in [0.1, 0.15) is 0 Å². The Hall–Kier alpha value is -0.0800. The van der Waals surface area contributed by atoms with Gasteiger partial charge in [0.05, 0.1) is 0 Å². The van der Waals surface area contributed by atoms with Crippen molar-refractivity contribution in [2.75, 3.05) is 6.54 Å². The maximum Gasteiger partial charge on any atom is 0.0196 e. The Morgan fingerprint density at radius 2 is 1.73 bits per heavy atom. The molecule has 1 heterocycles. The van der Waals surface area contributed by atoms with E-state index in [1.54, 1.807) is 0 Å². The molecular weight excluding hydrogens is 184 g/mol. The summed E-state index contributed by atoms with van der Waals surface area (Å²) in [5.74, 6) is 0. The maximum absolute atomic E-state index is 3.90. The van der Waals surface area contributed by atoms with Crippen LogP contribution in [0.5, 0.6) is 0 Å². The topological polar surface area (TPSA) is 24.1 Å². The van der Waals surface area contributed by atoms with Crippen LogP contribution in [0.2, 0.25) is 0 Å². The minimum Gasteiger partial charge on any atom is -0.311 e. The van der Waals surface area contributed by atoms with Gasteiger partial charge in [0.2, 0.25) is 0 Å². The minimum atomic E-state index is 0.564. The average molecular weight is 208 g/mol. The lowest BCUT2D eigenvalue weighted by Crippen LogP contribution is -2.59. The molecule has 0 radical (unpaired) electrons. The Morgan fingerprint density at radius 1 is 0.933 bits per heavy atom. The Balaban J connectivity index is 1.52. The van der Waals surface area contributed by atoms with Gasteiger partial charge in [-0.1, -0.05) is 12.8 Å². The normalized spacial score (nSPS) is 35.6. The van der Waals surface area contributed by atoms with E-state index in [1.807, 2.05) is 0 Å². The molecule has 0 aromatic carbocycles. The van der Waals surface area contributed by atoms with Crippen molar-refractivity contribution in [1.29, 1.82) is 0 Å². The first-order valence-electron chi connectivity index (χ1n) is 6.87. The van der Waals surface area contributed by atoms with Gasteiger partial charge < -0.3 is 10.6 Å². The van der Waals surface area contributed by atoms with Gasteiger partial charge in [-0.2, -0.15) is 0 Å². The molecule has 1 saturated heterocycles. The highest BCUT2D eigenvalue weighted by Crippen LogP contribution is 2.38. The highest BCUT2D eigenvalue weighted by molar-refractivity contribution is 5.02. The highest BCUT2D eigenvalue weighted by atomic mass is 15.1. The SMILES string of the molecule is C1CCC(NC2CCNC3(CCC3)C2)C1. The van der Waals surface area contributed by atoms with Crippen LogP contribution in [0.4, 0.5) is 0 Å². The predicted molar refractivity (Wildman–Crippen MR) is 63.0 cm³/mol. The lowest BCUT2D eigenvalue weighted by atomic mass is 9.70. The van der Waals surface area contributed by atoms with Crippen LogP contribution in [0.3, 0.4) is 0 Å². The van der Waals surface area contributed by atoms with Crippen LogP contribution in [0.15, 0.2) is 0 Å². The molecule has 0 aromatic rings. The Kier molecular flexibility index (Phi) is 2.73. The van der Waals surface area contributed by atoms with Gasteiger partial charge in [-0.25, -0.2) is 0 Å². The van der Waals surface area contributed by atoms with Crippen LogP contribution in [0.25, 0.3) is 0 Å². The first kappa shape index (κ1) is 10.1. The van der Waals surface area contributed by atoms with Crippen molar-refractivity contribution < 1.29 is 0 Å². The van der Waals surface area contributed by atoms with Crippen molar-refractivity contribution in [2.45, 2.75) is 75.4 Å². The van der Waals surface area contributed by atoms with E-state index in [2.05, 4.69) is 10.6 Å². The smallest absolute Gasteiger partial charge is 0.0196 e. The average Bonchev–Trinajstić information content (AvgIpc) is 2.69. The zero-order chi connectivity index (χ0) is 10.1. The van der Waals surface area contributed by atoms with E-state index in [0.29, 0.717) is 5.54 Å². The third kappa shape index (κ3) is 2.07. The first-order valence-corrected chi connectivity index (χ1v) is 6.87. The molecule has 2 heteroatoms. The summed E-state index contributed by atoms with van der Waals surface area (Å²) in [6.45, 7) is 1.24. The summed E-state index contributed by atoms with van der Waals surface area (Å²) in [6, 6.07) is 1.67. The summed E-state index contributed by atoms with van der Waals surface area (Å²) in [7, 11) is 0. The van der Waals surface area contributed by atoms with Gasteiger partial charge in [-0.05, 0) is 51.5 Å². The minimum absolute atomic E-state index is 0.564. The summed E-state index contributed by atoms with van der Waals surface area (Å²) in [5, 5.41) is 7.65. The number of rotatable bonds is 2. The summed E-state index contributed by atoms with van der Waals surface area (Å²) in [6.07, 6.45) is 12.8. The lowest BCUT2D eigenvalue weighted by molar-refractivity contribution is 0.115. The van der Waals surface area contributed by atoms with Crippen LogP contribution in [-0.2, 0) is 0 Å². The number of nitrogens with one attached hydrogen (secondary N) is 2. The molecule has 3 rings (SSSR count). The Bertz CT molecular complexity index is 217. The highest BCUT2D eigenvalue weighted by Gasteiger charge is 2.41. The standard InChI is InChI=1S/C13H24N2/c1-2-5-11(4-1)15-12-6-9-14-13(10-12)7-3-8-13/h11-12,14-15H,1-10H2. The lowest BCUT2D eigenvalue weighted by Gasteiger charge is -2.49. The third-order valence-corrected chi connectivity index (χ3v) is 4.77. The van der Waals surface area contributed by atoms with E-state index in [9.17, 15) is 0 Å². The maximum atomic E-state index is 3.90. The molecule has 1 aliphatic heterocycles. The van der Waals surface area contributed by atoms with E-state index in [1.165, 1.54) is 64.3 Å². The van der Waals surface area contributed by atoms with Gasteiger partial charge in [-0.15, -0.1) is 0 Å². The quantitative estimate of drug-likeness (QED) is 0.727. The van der Waals surface area contributed by atoms with E-state index in [4.69, 9.17) is 0 Å². The second-order valence-corrected chi connectivity index (χ2v) is 5.90. The van der Waals surface area contributed by atoms with Crippen LogP contribution in [0.1, 0.15) is 57.8 Å². The Labute approximate surface area is 93.2 Å². The van der Waals surface area contributed by atoms with Gasteiger partial charge in [-0.3, -0.25) is 0 Å². The Morgan fingerprint density at radius 3 is 2.40 bits per heavy atom. The molecule has 2 aliphatic carbocycles. The van der Waals surface area contributed by atoms with Gasteiger partial charge in [0.25, 0.3) is 0 Å². The van der Waals surface area contributed by atoms with Crippen LogP contribution >= 0.6 is 0 Å². The second kappa shape index (κ2) is 4.06. The van der Waals surface area contributed by atoms with Crippen molar-refractivity contribution >= 4 is 0 Å². The largest absolute Gasteiger partial charge is 0.311 e. The summed E-state index contributed by atoms with van der Waals surface area (Å²) in [4.78, 5) is 0. The van der Waals surface area contributed by atoms with Crippen molar-refractivity contribution in [3.8, 4) is 0 Å². The first-order chi connectivity index (χ1) is 7.36. The molecule has 3 aliphatic rings. The fourth-order valence-corrected chi connectivity index (χ4v) is 3.71. The van der Waals surface area contributed by atoms with Crippen molar-refractivity contribution in [3.63, 3.8) is 0 Å². The van der Waals surface area contributed by atoms with Crippen LogP contribution in [0, 0.1) is 0 Å². The molecule has 1 spiro atoms. The molecule has 2 N–H and O–H groups in total. The van der Waals surface area contributed by atoms with Crippen molar-refractivity contribution in [1.82, 2.24) is 10.6 Å². The predicted octanol–water partition coefficient (Wildman–Crippen LogP) is 2.19. The second-order valence-electron chi connectivity index (χ2n) is 5.90. The fraction of sp³-hybridized carbons (Fsp3) is 1.00. The molecule has 0 bridgehead atoms. The van der Waals surface area contributed by atoms with E-state index in [-0.39, 0.29) is 0 Å². The summed E-state index contributed by atoms with van der Waals surface area (Å²) >= 11 is 0. The molecule has 15 heavy (non-hydrogen) atoms. The molecule has 86 valence electrons. The molecule has 1 atom stereocenters.